The highest BCUT2D eigenvalue weighted by Crippen LogP contribution is 2.13. The molecule has 0 N–H and O–H groups in total. The highest BCUT2D eigenvalue weighted by Gasteiger charge is 2.22. The minimum Gasteiger partial charge on any atom is -0.337 e. The third-order valence-corrected chi connectivity index (χ3v) is 3.85. The molecule has 1 saturated heterocycles. The summed E-state index contributed by atoms with van der Waals surface area (Å²) >= 11 is 0. The SMILES string of the molecule is CCCN(CCC)C(=O)c1cccc(C(=O)N2CCCC2)n1. The first-order chi connectivity index (χ1) is 10.7. The second-order valence-corrected chi connectivity index (χ2v) is 5.70. The summed E-state index contributed by atoms with van der Waals surface area (Å²) in [5.74, 6) is -0.149. The lowest BCUT2D eigenvalue weighted by Crippen LogP contribution is -2.34. The van der Waals surface area contributed by atoms with Crippen LogP contribution in [-0.4, -0.2) is 52.8 Å². The number of carbonyl (C=O) groups is 2. The van der Waals surface area contributed by atoms with Crippen LogP contribution in [0.15, 0.2) is 18.2 Å². The Labute approximate surface area is 132 Å². The Hall–Kier alpha value is -1.91. The average molecular weight is 303 g/mol. The molecule has 1 fully saturated rings. The number of carbonyl (C=O) groups excluding carboxylic acids is 2. The predicted octanol–water partition coefficient (Wildman–Crippen LogP) is 2.58. The van der Waals surface area contributed by atoms with E-state index in [1.54, 1.807) is 18.2 Å². The second kappa shape index (κ2) is 7.92. The Morgan fingerprint density at radius 1 is 1.09 bits per heavy atom. The van der Waals surface area contributed by atoms with E-state index in [0.717, 1.165) is 51.9 Å². The molecule has 0 aromatic carbocycles. The van der Waals surface area contributed by atoms with Crippen molar-refractivity contribution in [1.29, 1.82) is 0 Å². The van der Waals surface area contributed by atoms with Crippen LogP contribution in [0.3, 0.4) is 0 Å². The summed E-state index contributed by atoms with van der Waals surface area (Å²) in [6.07, 6.45) is 3.92. The van der Waals surface area contributed by atoms with Gasteiger partial charge in [-0.2, -0.15) is 0 Å². The molecule has 22 heavy (non-hydrogen) atoms. The number of hydrogen-bond donors (Lipinski definition) is 0. The van der Waals surface area contributed by atoms with Gasteiger partial charge in [-0.1, -0.05) is 19.9 Å². The third kappa shape index (κ3) is 3.84. The topological polar surface area (TPSA) is 53.5 Å². The van der Waals surface area contributed by atoms with Crippen LogP contribution in [0.1, 0.15) is 60.5 Å². The minimum absolute atomic E-state index is 0.0651. The van der Waals surface area contributed by atoms with Gasteiger partial charge in [0.25, 0.3) is 11.8 Å². The molecule has 1 aliphatic heterocycles. The molecule has 0 bridgehead atoms. The summed E-state index contributed by atoms with van der Waals surface area (Å²) in [6, 6.07) is 5.14. The van der Waals surface area contributed by atoms with E-state index in [1.165, 1.54) is 0 Å². The Kier molecular flexibility index (Phi) is 5.92. The summed E-state index contributed by atoms with van der Waals surface area (Å²) in [4.78, 5) is 32.9. The highest BCUT2D eigenvalue weighted by molar-refractivity contribution is 5.96. The molecule has 5 heteroatoms. The van der Waals surface area contributed by atoms with Gasteiger partial charge in [-0.3, -0.25) is 9.59 Å². The van der Waals surface area contributed by atoms with Crippen LogP contribution in [0, 0.1) is 0 Å². The van der Waals surface area contributed by atoms with Gasteiger partial charge < -0.3 is 9.80 Å². The average Bonchev–Trinajstić information content (AvgIpc) is 3.08. The third-order valence-electron chi connectivity index (χ3n) is 3.85. The van der Waals surface area contributed by atoms with Gasteiger partial charge in [-0.25, -0.2) is 4.98 Å². The maximum Gasteiger partial charge on any atom is 0.272 e. The molecule has 2 heterocycles. The van der Waals surface area contributed by atoms with Gasteiger partial charge in [0.15, 0.2) is 0 Å². The van der Waals surface area contributed by atoms with Crippen molar-refractivity contribution in [2.75, 3.05) is 26.2 Å². The fourth-order valence-electron chi connectivity index (χ4n) is 2.77. The highest BCUT2D eigenvalue weighted by atomic mass is 16.2. The van der Waals surface area contributed by atoms with Gasteiger partial charge >= 0.3 is 0 Å². The maximum absolute atomic E-state index is 12.6. The van der Waals surface area contributed by atoms with Gasteiger partial charge in [-0.15, -0.1) is 0 Å². The van der Waals surface area contributed by atoms with Crippen LogP contribution in [0.25, 0.3) is 0 Å². The summed E-state index contributed by atoms with van der Waals surface area (Å²) in [6.45, 7) is 7.12. The van der Waals surface area contributed by atoms with E-state index in [2.05, 4.69) is 18.8 Å². The zero-order valence-electron chi connectivity index (χ0n) is 13.5. The smallest absolute Gasteiger partial charge is 0.272 e. The maximum atomic E-state index is 12.6. The van der Waals surface area contributed by atoms with Crippen LogP contribution in [0.4, 0.5) is 0 Å². The molecule has 0 spiro atoms. The lowest BCUT2D eigenvalue weighted by Gasteiger charge is -2.21. The van der Waals surface area contributed by atoms with Crippen molar-refractivity contribution in [3.8, 4) is 0 Å². The standard InChI is InChI=1S/C17H25N3O2/c1-3-10-19(11-4-2)16(21)14-8-7-9-15(18-14)17(22)20-12-5-6-13-20/h7-9H,3-6,10-13H2,1-2H3. The van der Waals surface area contributed by atoms with Crippen molar-refractivity contribution in [2.45, 2.75) is 39.5 Å². The zero-order chi connectivity index (χ0) is 15.9. The van der Waals surface area contributed by atoms with Crippen LogP contribution in [0.5, 0.6) is 0 Å². The quantitative estimate of drug-likeness (QED) is 0.811. The monoisotopic (exact) mass is 303 g/mol. The van der Waals surface area contributed by atoms with E-state index in [1.807, 2.05) is 9.80 Å². The molecule has 0 saturated carbocycles. The largest absolute Gasteiger partial charge is 0.337 e. The molecule has 0 radical (unpaired) electrons. The van der Waals surface area contributed by atoms with E-state index in [9.17, 15) is 9.59 Å². The Balaban J connectivity index is 2.15. The predicted molar refractivity (Wildman–Crippen MR) is 85.9 cm³/mol. The molecule has 1 aromatic rings. The molecular formula is C17H25N3O2. The number of likely N-dealkylation sites (tertiary alicyclic amines) is 1. The van der Waals surface area contributed by atoms with Gasteiger partial charge in [0, 0.05) is 26.2 Å². The first-order valence-electron chi connectivity index (χ1n) is 8.23. The Morgan fingerprint density at radius 2 is 1.68 bits per heavy atom. The molecule has 0 aliphatic carbocycles. The van der Waals surface area contributed by atoms with Crippen LogP contribution < -0.4 is 0 Å². The van der Waals surface area contributed by atoms with Crippen molar-refractivity contribution < 1.29 is 9.59 Å². The number of aromatic nitrogens is 1. The number of hydrogen-bond acceptors (Lipinski definition) is 3. The van der Waals surface area contributed by atoms with Crippen molar-refractivity contribution >= 4 is 11.8 Å². The van der Waals surface area contributed by atoms with Gasteiger partial charge in [0.2, 0.25) is 0 Å². The molecule has 0 atom stereocenters. The van der Waals surface area contributed by atoms with Crippen LogP contribution in [0.2, 0.25) is 0 Å². The molecule has 5 nitrogen and oxygen atoms in total. The number of pyridine rings is 1. The normalized spacial score (nSPS) is 14.2. The molecule has 120 valence electrons. The summed E-state index contributed by atoms with van der Waals surface area (Å²) < 4.78 is 0. The number of rotatable bonds is 6. The lowest BCUT2D eigenvalue weighted by atomic mass is 10.2. The minimum atomic E-state index is -0.0835. The molecule has 2 rings (SSSR count). The fraction of sp³-hybridized carbons (Fsp3) is 0.588. The molecular weight excluding hydrogens is 278 g/mol. The summed E-state index contributed by atoms with van der Waals surface area (Å²) in [5, 5.41) is 0. The number of amides is 2. The van der Waals surface area contributed by atoms with Crippen LogP contribution in [-0.2, 0) is 0 Å². The molecule has 1 aromatic heterocycles. The Bertz CT molecular complexity index is 518. The second-order valence-electron chi connectivity index (χ2n) is 5.70. The first kappa shape index (κ1) is 16.5. The summed E-state index contributed by atoms with van der Waals surface area (Å²) in [5.41, 5.74) is 0.743. The number of nitrogens with zero attached hydrogens (tertiary/aromatic N) is 3. The summed E-state index contributed by atoms with van der Waals surface area (Å²) in [7, 11) is 0. The van der Waals surface area contributed by atoms with Crippen LogP contribution >= 0.6 is 0 Å². The zero-order valence-corrected chi connectivity index (χ0v) is 13.5. The van der Waals surface area contributed by atoms with Gasteiger partial charge in [0.05, 0.1) is 0 Å². The molecule has 2 amide bonds. The van der Waals surface area contributed by atoms with Crippen molar-refractivity contribution in [3.05, 3.63) is 29.6 Å². The fourth-order valence-corrected chi connectivity index (χ4v) is 2.77. The van der Waals surface area contributed by atoms with E-state index in [4.69, 9.17) is 0 Å². The molecule has 1 aliphatic rings. The van der Waals surface area contributed by atoms with E-state index in [0.29, 0.717) is 11.4 Å². The molecule has 0 unspecified atom stereocenters. The van der Waals surface area contributed by atoms with Crippen molar-refractivity contribution in [2.24, 2.45) is 0 Å². The van der Waals surface area contributed by atoms with E-state index >= 15 is 0 Å². The van der Waals surface area contributed by atoms with Gasteiger partial charge in [-0.05, 0) is 37.8 Å². The van der Waals surface area contributed by atoms with Crippen molar-refractivity contribution in [1.82, 2.24) is 14.8 Å². The van der Waals surface area contributed by atoms with Gasteiger partial charge in [0.1, 0.15) is 11.4 Å². The van der Waals surface area contributed by atoms with Crippen molar-refractivity contribution in [3.63, 3.8) is 0 Å². The van der Waals surface area contributed by atoms with E-state index < -0.39 is 0 Å². The lowest BCUT2D eigenvalue weighted by molar-refractivity contribution is 0.0748. The van der Waals surface area contributed by atoms with E-state index in [-0.39, 0.29) is 11.8 Å². The first-order valence-corrected chi connectivity index (χ1v) is 8.23. The Morgan fingerprint density at radius 3 is 2.27 bits per heavy atom.